The number of ether oxygens (including phenoxy) is 1. The highest BCUT2D eigenvalue weighted by Crippen LogP contribution is 2.60. The lowest BCUT2D eigenvalue weighted by atomic mass is 9.48. The van der Waals surface area contributed by atoms with E-state index in [1.807, 2.05) is 13.0 Å². The van der Waals surface area contributed by atoms with E-state index in [1.165, 1.54) is 25.3 Å². The largest absolute Gasteiger partial charge is 0.479 e. The lowest BCUT2D eigenvalue weighted by molar-refractivity contribution is -0.385. The molecule has 0 spiro atoms. The molecule has 0 unspecified atom stereocenters. The third-order valence-electron chi connectivity index (χ3n) is 6.57. The fraction of sp³-hybridized carbons (Fsp3) is 0.650. The van der Waals surface area contributed by atoms with Crippen molar-refractivity contribution in [3.8, 4) is 5.75 Å². The molecule has 5 heteroatoms. The molecule has 25 heavy (non-hydrogen) atoms. The predicted octanol–water partition coefficient (Wildman–Crippen LogP) is 4.38. The summed E-state index contributed by atoms with van der Waals surface area (Å²) < 4.78 is 5.74. The highest BCUT2D eigenvalue weighted by molar-refractivity contribution is 5.87. The van der Waals surface area contributed by atoms with Gasteiger partial charge in [-0.05, 0) is 81.3 Å². The number of ketones is 1. The van der Waals surface area contributed by atoms with Gasteiger partial charge in [-0.1, -0.05) is 6.07 Å². The van der Waals surface area contributed by atoms with E-state index in [0.717, 1.165) is 24.8 Å². The zero-order valence-electron chi connectivity index (χ0n) is 14.9. The van der Waals surface area contributed by atoms with Gasteiger partial charge in [-0.2, -0.15) is 0 Å². The van der Waals surface area contributed by atoms with E-state index in [0.29, 0.717) is 23.3 Å². The van der Waals surface area contributed by atoms with Crippen molar-refractivity contribution in [3.05, 3.63) is 33.4 Å². The van der Waals surface area contributed by atoms with Crippen LogP contribution in [0, 0.1) is 47.1 Å². The first-order chi connectivity index (χ1) is 11.9. The number of nitrogens with zero attached hydrogens (tertiary/aromatic N) is 1. The molecule has 0 amide bonds. The minimum Gasteiger partial charge on any atom is -0.479 e. The first kappa shape index (κ1) is 16.6. The molecule has 0 aromatic heterocycles. The summed E-state index contributed by atoms with van der Waals surface area (Å²) in [4.78, 5) is 23.9. The predicted molar refractivity (Wildman–Crippen MR) is 93.7 cm³/mol. The van der Waals surface area contributed by atoms with Gasteiger partial charge in [0, 0.05) is 11.5 Å². The van der Waals surface area contributed by atoms with Gasteiger partial charge in [0.25, 0.3) is 0 Å². The second kappa shape index (κ2) is 5.82. The first-order valence-corrected chi connectivity index (χ1v) is 9.28. The van der Waals surface area contributed by atoms with Crippen molar-refractivity contribution < 1.29 is 14.5 Å². The summed E-state index contributed by atoms with van der Waals surface area (Å²) in [7, 11) is 0. The van der Waals surface area contributed by atoms with Crippen molar-refractivity contribution in [1.82, 2.24) is 0 Å². The molecule has 0 heterocycles. The smallest absolute Gasteiger partial charge is 0.311 e. The Kier molecular flexibility index (Phi) is 3.85. The van der Waals surface area contributed by atoms with Crippen molar-refractivity contribution >= 4 is 11.5 Å². The first-order valence-electron chi connectivity index (χ1n) is 9.28. The molecule has 1 aromatic carbocycles. The Bertz CT molecular complexity index is 704. The quantitative estimate of drug-likeness (QED) is 0.588. The molecule has 1 aromatic rings. The van der Waals surface area contributed by atoms with Crippen LogP contribution in [0.1, 0.15) is 49.7 Å². The van der Waals surface area contributed by atoms with Crippen molar-refractivity contribution in [3.63, 3.8) is 0 Å². The van der Waals surface area contributed by atoms with E-state index in [4.69, 9.17) is 4.74 Å². The Morgan fingerprint density at radius 3 is 2.24 bits per heavy atom. The zero-order valence-corrected chi connectivity index (χ0v) is 14.9. The Labute approximate surface area is 147 Å². The molecule has 5 rings (SSSR count). The van der Waals surface area contributed by atoms with Crippen LogP contribution >= 0.6 is 0 Å². The summed E-state index contributed by atoms with van der Waals surface area (Å²) in [6.45, 7) is 3.58. The molecular formula is C20H25NO4. The average Bonchev–Trinajstić information content (AvgIpc) is 2.51. The van der Waals surface area contributed by atoms with Gasteiger partial charge < -0.3 is 4.74 Å². The topological polar surface area (TPSA) is 69.4 Å². The highest BCUT2D eigenvalue weighted by Gasteiger charge is 2.54. The molecule has 4 aliphatic carbocycles. The third kappa shape index (κ3) is 2.83. The van der Waals surface area contributed by atoms with Crippen LogP contribution < -0.4 is 4.74 Å². The Balaban J connectivity index is 1.52. The zero-order chi connectivity index (χ0) is 17.8. The summed E-state index contributed by atoms with van der Waals surface area (Å²) >= 11 is 0. The minimum absolute atomic E-state index is 0.0447. The number of Topliss-reactive ketones (excluding diaryl/α,β-unsaturated/α-hetero) is 1. The third-order valence-corrected chi connectivity index (χ3v) is 6.57. The molecule has 134 valence electrons. The van der Waals surface area contributed by atoms with Crippen LogP contribution in [0.5, 0.6) is 5.75 Å². The second-order valence-corrected chi connectivity index (χ2v) is 8.60. The Morgan fingerprint density at radius 2 is 1.72 bits per heavy atom. The van der Waals surface area contributed by atoms with Crippen LogP contribution in [0.3, 0.4) is 0 Å². The molecule has 0 radical (unpaired) electrons. The summed E-state index contributed by atoms with van der Waals surface area (Å²) in [6.07, 6.45) is 6.85. The summed E-state index contributed by atoms with van der Waals surface area (Å²) in [6, 6.07) is 3.37. The Hall–Kier alpha value is -1.91. The van der Waals surface area contributed by atoms with Crippen LogP contribution in [0.25, 0.3) is 0 Å². The van der Waals surface area contributed by atoms with E-state index < -0.39 is 4.92 Å². The van der Waals surface area contributed by atoms with Gasteiger partial charge in [0.1, 0.15) is 6.61 Å². The van der Waals surface area contributed by atoms with Crippen molar-refractivity contribution in [1.29, 1.82) is 0 Å². The minimum atomic E-state index is -0.426. The van der Waals surface area contributed by atoms with Crippen LogP contribution in [0.15, 0.2) is 12.1 Å². The summed E-state index contributed by atoms with van der Waals surface area (Å²) in [5.41, 5.74) is 1.27. The number of nitro benzene ring substituents is 1. The van der Waals surface area contributed by atoms with E-state index in [9.17, 15) is 14.9 Å². The number of carbonyl (C=O) groups excluding carboxylic acids is 1. The number of carbonyl (C=O) groups is 1. The van der Waals surface area contributed by atoms with Gasteiger partial charge in [-0.15, -0.1) is 0 Å². The number of aryl methyl sites for hydroxylation is 2. The molecular weight excluding hydrogens is 318 g/mol. The van der Waals surface area contributed by atoms with Gasteiger partial charge in [0.2, 0.25) is 5.75 Å². The molecule has 4 fully saturated rings. The van der Waals surface area contributed by atoms with Crippen LogP contribution in [0.2, 0.25) is 0 Å². The summed E-state index contributed by atoms with van der Waals surface area (Å²) in [5, 5.41) is 11.3. The summed E-state index contributed by atoms with van der Waals surface area (Å²) in [5.74, 6) is 2.50. The van der Waals surface area contributed by atoms with Gasteiger partial charge in [0.15, 0.2) is 5.78 Å². The SMILES string of the molecule is Cc1cc(C)c(OCC(=O)C23CC4CC(CC(C4)C2)C3)c([N+](=O)[O-])c1. The molecule has 5 nitrogen and oxygen atoms in total. The van der Waals surface area contributed by atoms with E-state index in [1.54, 1.807) is 6.92 Å². The Morgan fingerprint density at radius 1 is 1.16 bits per heavy atom. The maximum atomic E-state index is 13.0. The molecule has 4 saturated carbocycles. The standard InChI is InChI=1S/C20H25NO4/c1-12-3-13(2)19(17(4-12)21(23)24)25-11-18(22)20-8-14-5-15(9-20)7-16(6-14)10-20/h3-4,14-16H,5-11H2,1-2H3. The van der Waals surface area contributed by atoms with Gasteiger partial charge in [0.05, 0.1) is 4.92 Å². The van der Waals surface area contributed by atoms with Crippen LogP contribution in [-0.2, 0) is 4.79 Å². The molecule has 0 aliphatic heterocycles. The second-order valence-electron chi connectivity index (χ2n) is 8.60. The average molecular weight is 343 g/mol. The van der Waals surface area contributed by atoms with Crippen molar-refractivity contribution in [2.24, 2.45) is 23.2 Å². The molecule has 4 aliphatic rings. The maximum absolute atomic E-state index is 13.0. The number of benzene rings is 1. The fourth-order valence-electron chi connectivity index (χ4n) is 6.00. The van der Waals surface area contributed by atoms with Gasteiger partial charge >= 0.3 is 5.69 Å². The molecule has 0 saturated heterocycles. The monoisotopic (exact) mass is 343 g/mol. The van der Waals surface area contributed by atoms with Crippen LogP contribution in [0.4, 0.5) is 5.69 Å². The normalized spacial score (nSPS) is 32.6. The van der Waals surface area contributed by atoms with Gasteiger partial charge in [-0.3, -0.25) is 14.9 Å². The van der Waals surface area contributed by atoms with Crippen LogP contribution in [-0.4, -0.2) is 17.3 Å². The molecule has 0 atom stereocenters. The van der Waals surface area contributed by atoms with Crippen molar-refractivity contribution in [2.75, 3.05) is 6.61 Å². The fourth-order valence-corrected chi connectivity index (χ4v) is 6.00. The number of rotatable bonds is 5. The van der Waals surface area contributed by atoms with E-state index >= 15 is 0 Å². The lowest BCUT2D eigenvalue weighted by Crippen LogP contribution is -2.51. The maximum Gasteiger partial charge on any atom is 0.311 e. The van der Waals surface area contributed by atoms with Gasteiger partial charge in [-0.25, -0.2) is 0 Å². The number of hydrogen-bond acceptors (Lipinski definition) is 4. The van der Waals surface area contributed by atoms with Crippen molar-refractivity contribution in [2.45, 2.75) is 52.4 Å². The van der Waals surface area contributed by atoms with E-state index in [2.05, 4.69) is 0 Å². The molecule has 0 N–H and O–H groups in total. The lowest BCUT2D eigenvalue weighted by Gasteiger charge is -2.55. The highest BCUT2D eigenvalue weighted by atomic mass is 16.6. The number of hydrogen-bond donors (Lipinski definition) is 0. The molecule has 4 bridgehead atoms. The van der Waals surface area contributed by atoms with E-state index in [-0.39, 0.29) is 29.2 Å². The number of nitro groups is 1.